The lowest BCUT2D eigenvalue weighted by molar-refractivity contribution is -0.896. The van der Waals surface area contributed by atoms with Gasteiger partial charge in [0.25, 0.3) is 0 Å². The van der Waals surface area contributed by atoms with Gasteiger partial charge in [-0.2, -0.15) is 0 Å². The first-order valence-electron chi connectivity index (χ1n) is 13.2. The van der Waals surface area contributed by atoms with Crippen molar-refractivity contribution in [1.29, 1.82) is 0 Å². The second-order valence-corrected chi connectivity index (χ2v) is 10.0. The number of quaternary nitrogens is 1. The van der Waals surface area contributed by atoms with Crippen LogP contribution in [0.3, 0.4) is 0 Å². The van der Waals surface area contributed by atoms with E-state index in [2.05, 4.69) is 45.3 Å². The molecule has 0 radical (unpaired) electrons. The molecule has 2 rings (SSSR count). The standard InChI is InChI=1S/C30H46NO3/c1-5-7-8-9-10-11-12-16-21-27-22-17-18-23-28(27)33-30(6-2)34-29(32)25-31(3,4)24-26-19-14-13-15-20-26/h13-15,17-20,22-23,30H,5-12,16,21,24-25H2,1-4H3/q+1. The number of carbonyl (C=O) groups is 1. The van der Waals surface area contributed by atoms with Crippen molar-refractivity contribution in [3.05, 3.63) is 65.7 Å². The van der Waals surface area contributed by atoms with Gasteiger partial charge in [-0.25, -0.2) is 4.79 Å². The first-order valence-corrected chi connectivity index (χ1v) is 13.2. The fourth-order valence-electron chi connectivity index (χ4n) is 4.27. The number of likely N-dealkylation sites (N-methyl/N-ethyl adjacent to an activating group) is 1. The zero-order valence-corrected chi connectivity index (χ0v) is 21.9. The molecule has 4 nitrogen and oxygen atoms in total. The molecule has 0 aliphatic heterocycles. The Labute approximate surface area is 207 Å². The van der Waals surface area contributed by atoms with Gasteiger partial charge in [0.05, 0.1) is 14.1 Å². The van der Waals surface area contributed by atoms with Crippen LogP contribution < -0.4 is 4.74 Å². The van der Waals surface area contributed by atoms with Crippen LogP contribution >= 0.6 is 0 Å². The van der Waals surface area contributed by atoms with Crippen LogP contribution in [-0.4, -0.2) is 37.4 Å². The lowest BCUT2D eigenvalue weighted by atomic mass is 10.0. The SMILES string of the molecule is CCCCCCCCCCc1ccccc1OC(CC)OC(=O)C[N+](C)(C)Cc1ccccc1. The average molecular weight is 469 g/mol. The highest BCUT2D eigenvalue weighted by Crippen LogP contribution is 2.23. The summed E-state index contributed by atoms with van der Waals surface area (Å²) < 4.78 is 12.5. The second-order valence-electron chi connectivity index (χ2n) is 10.0. The van der Waals surface area contributed by atoms with Gasteiger partial charge in [0, 0.05) is 12.0 Å². The zero-order valence-electron chi connectivity index (χ0n) is 21.9. The number of carbonyl (C=O) groups excluding carboxylic acids is 1. The van der Waals surface area contributed by atoms with E-state index in [9.17, 15) is 4.79 Å². The molecule has 0 aliphatic rings. The Kier molecular flexibility index (Phi) is 12.8. The van der Waals surface area contributed by atoms with E-state index in [-0.39, 0.29) is 5.97 Å². The monoisotopic (exact) mass is 468 g/mol. The Morgan fingerprint density at radius 2 is 1.44 bits per heavy atom. The summed E-state index contributed by atoms with van der Waals surface area (Å²) in [4.78, 5) is 12.7. The third-order valence-electron chi connectivity index (χ3n) is 6.14. The van der Waals surface area contributed by atoms with E-state index < -0.39 is 6.29 Å². The quantitative estimate of drug-likeness (QED) is 0.106. The van der Waals surface area contributed by atoms with Crippen molar-refractivity contribution in [2.45, 2.75) is 90.9 Å². The second kappa shape index (κ2) is 15.5. The number of hydrogen-bond donors (Lipinski definition) is 0. The maximum Gasteiger partial charge on any atom is 0.364 e. The number of hydrogen-bond acceptors (Lipinski definition) is 3. The molecule has 0 amide bonds. The molecule has 0 fully saturated rings. The molecular weight excluding hydrogens is 422 g/mol. The Morgan fingerprint density at radius 3 is 2.12 bits per heavy atom. The molecular formula is C30H46NO3+. The summed E-state index contributed by atoms with van der Waals surface area (Å²) in [5.74, 6) is 0.608. The van der Waals surface area contributed by atoms with Crippen LogP contribution in [0, 0.1) is 0 Å². The van der Waals surface area contributed by atoms with Gasteiger partial charge in [-0.3, -0.25) is 0 Å². The minimum absolute atomic E-state index is 0.228. The largest absolute Gasteiger partial charge is 0.455 e. The van der Waals surface area contributed by atoms with Gasteiger partial charge in [-0.05, 0) is 24.5 Å². The van der Waals surface area contributed by atoms with Gasteiger partial charge < -0.3 is 14.0 Å². The first-order chi connectivity index (χ1) is 16.4. The third kappa shape index (κ3) is 11.2. The van der Waals surface area contributed by atoms with Crippen molar-refractivity contribution >= 4 is 5.97 Å². The summed E-state index contributed by atoms with van der Waals surface area (Å²) in [5.41, 5.74) is 2.40. The fourth-order valence-corrected chi connectivity index (χ4v) is 4.27. The van der Waals surface area contributed by atoms with E-state index in [1.165, 1.54) is 56.1 Å². The van der Waals surface area contributed by atoms with Crippen LogP contribution in [0.4, 0.5) is 0 Å². The summed E-state index contributed by atoms with van der Waals surface area (Å²) in [7, 11) is 4.10. The van der Waals surface area contributed by atoms with Crippen LogP contribution in [0.25, 0.3) is 0 Å². The van der Waals surface area contributed by atoms with Crippen LogP contribution in [0.15, 0.2) is 54.6 Å². The molecule has 0 spiro atoms. The van der Waals surface area contributed by atoms with Gasteiger partial charge >= 0.3 is 5.97 Å². The van der Waals surface area contributed by atoms with Gasteiger partial charge in [0.2, 0.25) is 6.29 Å². The molecule has 0 saturated heterocycles. The predicted molar refractivity (Wildman–Crippen MR) is 141 cm³/mol. The summed E-state index contributed by atoms with van der Waals surface area (Å²) in [6.45, 7) is 5.32. The van der Waals surface area contributed by atoms with Crippen molar-refractivity contribution < 1.29 is 18.8 Å². The topological polar surface area (TPSA) is 35.5 Å². The molecule has 34 heavy (non-hydrogen) atoms. The Balaban J connectivity index is 1.81. The number of aryl methyl sites for hydroxylation is 1. The number of unbranched alkanes of at least 4 members (excludes halogenated alkanes) is 7. The molecule has 0 N–H and O–H groups in total. The van der Waals surface area contributed by atoms with E-state index in [0.29, 0.717) is 17.4 Å². The van der Waals surface area contributed by atoms with Crippen molar-refractivity contribution in [3.8, 4) is 5.75 Å². The number of rotatable bonds is 17. The number of para-hydroxylation sites is 1. The lowest BCUT2D eigenvalue weighted by Gasteiger charge is -2.29. The van der Waals surface area contributed by atoms with Crippen LogP contribution in [0.1, 0.15) is 82.8 Å². The van der Waals surface area contributed by atoms with Crippen molar-refractivity contribution in [2.75, 3.05) is 20.6 Å². The van der Waals surface area contributed by atoms with E-state index in [0.717, 1.165) is 25.1 Å². The molecule has 0 saturated carbocycles. The van der Waals surface area contributed by atoms with Crippen LogP contribution in [0.5, 0.6) is 5.75 Å². The molecule has 0 heterocycles. The van der Waals surface area contributed by atoms with Crippen molar-refractivity contribution in [1.82, 2.24) is 0 Å². The molecule has 1 atom stereocenters. The molecule has 2 aromatic carbocycles. The van der Waals surface area contributed by atoms with E-state index in [1.807, 2.05) is 37.3 Å². The summed E-state index contributed by atoms with van der Waals surface area (Å²) in [5, 5.41) is 0. The molecule has 0 bridgehead atoms. The Bertz CT molecular complexity index is 819. The van der Waals surface area contributed by atoms with Gasteiger partial charge in [-0.15, -0.1) is 0 Å². The number of nitrogens with zero attached hydrogens (tertiary/aromatic N) is 1. The van der Waals surface area contributed by atoms with Crippen LogP contribution in [0.2, 0.25) is 0 Å². The highest BCUT2D eigenvalue weighted by atomic mass is 16.7. The lowest BCUT2D eigenvalue weighted by Crippen LogP contribution is -2.44. The molecule has 0 aromatic heterocycles. The fraction of sp³-hybridized carbons (Fsp3) is 0.567. The van der Waals surface area contributed by atoms with Crippen molar-refractivity contribution in [2.24, 2.45) is 0 Å². The predicted octanol–water partition coefficient (Wildman–Crippen LogP) is 7.30. The normalized spacial score (nSPS) is 12.4. The van der Waals surface area contributed by atoms with E-state index in [4.69, 9.17) is 9.47 Å². The van der Waals surface area contributed by atoms with E-state index in [1.54, 1.807) is 0 Å². The smallest absolute Gasteiger partial charge is 0.364 e. The highest BCUT2D eigenvalue weighted by Gasteiger charge is 2.24. The first kappa shape index (κ1) is 27.9. The number of ether oxygens (including phenoxy) is 2. The summed E-state index contributed by atoms with van der Waals surface area (Å²) >= 11 is 0. The summed E-state index contributed by atoms with van der Waals surface area (Å²) in [6, 6.07) is 18.4. The molecule has 2 aromatic rings. The number of benzene rings is 2. The average Bonchev–Trinajstić information content (AvgIpc) is 2.81. The number of esters is 1. The summed E-state index contributed by atoms with van der Waals surface area (Å²) in [6.07, 6.45) is 11.5. The Morgan fingerprint density at radius 1 is 0.824 bits per heavy atom. The van der Waals surface area contributed by atoms with Gasteiger partial charge in [-0.1, -0.05) is 107 Å². The molecule has 0 aliphatic carbocycles. The van der Waals surface area contributed by atoms with Gasteiger partial charge in [0.15, 0.2) is 6.54 Å². The van der Waals surface area contributed by atoms with Crippen molar-refractivity contribution in [3.63, 3.8) is 0 Å². The third-order valence-corrected chi connectivity index (χ3v) is 6.14. The maximum atomic E-state index is 12.7. The minimum atomic E-state index is -0.566. The maximum absolute atomic E-state index is 12.7. The van der Waals surface area contributed by atoms with Crippen LogP contribution in [-0.2, 0) is 22.5 Å². The molecule has 4 heteroatoms. The van der Waals surface area contributed by atoms with Gasteiger partial charge in [0.1, 0.15) is 12.3 Å². The zero-order chi connectivity index (χ0) is 24.7. The van der Waals surface area contributed by atoms with E-state index >= 15 is 0 Å². The minimum Gasteiger partial charge on any atom is -0.455 e. The molecule has 188 valence electrons. The Hall–Kier alpha value is -2.33. The highest BCUT2D eigenvalue weighted by molar-refractivity contribution is 5.70. The molecule has 1 unspecified atom stereocenters.